The van der Waals surface area contributed by atoms with Gasteiger partial charge in [0, 0.05) is 38.1 Å². The molecule has 3 heterocycles. The van der Waals surface area contributed by atoms with Gasteiger partial charge in [0.1, 0.15) is 5.82 Å². The van der Waals surface area contributed by atoms with Gasteiger partial charge in [-0.15, -0.1) is 0 Å². The van der Waals surface area contributed by atoms with E-state index in [0.717, 1.165) is 45.2 Å². The Balaban J connectivity index is 1.58. The second kappa shape index (κ2) is 7.11. The molecule has 0 N–H and O–H groups in total. The number of morpholine rings is 1. The van der Waals surface area contributed by atoms with Gasteiger partial charge in [-0.3, -0.25) is 9.80 Å². The minimum Gasteiger partial charge on any atom is -0.379 e. The van der Waals surface area contributed by atoms with Crippen molar-refractivity contribution in [2.45, 2.75) is 31.8 Å². The highest BCUT2D eigenvalue weighted by molar-refractivity contribution is 4.91. The van der Waals surface area contributed by atoms with E-state index in [4.69, 9.17) is 4.74 Å². The first kappa shape index (κ1) is 13.9. The van der Waals surface area contributed by atoms with Gasteiger partial charge in [0.15, 0.2) is 0 Å². The van der Waals surface area contributed by atoms with E-state index in [1.807, 2.05) is 18.5 Å². The number of hydrogen-bond donors (Lipinski definition) is 0. The highest BCUT2D eigenvalue weighted by Gasteiger charge is 2.25. The molecule has 20 heavy (non-hydrogen) atoms. The van der Waals surface area contributed by atoms with Crippen LogP contribution >= 0.6 is 0 Å². The Hall–Kier alpha value is -1.04. The molecule has 3 rings (SSSR count). The number of likely N-dealkylation sites (tertiary alicyclic amines) is 1. The van der Waals surface area contributed by atoms with Crippen LogP contribution in [0.2, 0.25) is 0 Å². The third-order valence-electron chi connectivity index (χ3n) is 4.29. The quantitative estimate of drug-likeness (QED) is 0.825. The summed E-state index contributed by atoms with van der Waals surface area (Å²) >= 11 is 0. The van der Waals surface area contributed by atoms with E-state index in [1.165, 1.54) is 25.8 Å². The number of rotatable bonds is 4. The van der Waals surface area contributed by atoms with Crippen molar-refractivity contribution in [3.63, 3.8) is 0 Å². The molecule has 1 aromatic rings. The summed E-state index contributed by atoms with van der Waals surface area (Å²) in [5.41, 5.74) is 0. The molecule has 0 amide bonds. The van der Waals surface area contributed by atoms with Crippen molar-refractivity contribution in [1.82, 2.24) is 19.8 Å². The normalized spacial score (nSPS) is 25.7. The van der Waals surface area contributed by atoms with E-state index < -0.39 is 0 Å². The zero-order valence-electron chi connectivity index (χ0n) is 12.1. The number of hydrogen-bond acceptors (Lipinski definition) is 5. The summed E-state index contributed by atoms with van der Waals surface area (Å²) in [6.07, 6.45) is 7.62. The van der Waals surface area contributed by atoms with Crippen LogP contribution in [-0.4, -0.2) is 65.2 Å². The third-order valence-corrected chi connectivity index (χ3v) is 4.29. The first-order valence-corrected chi connectivity index (χ1v) is 7.72. The summed E-state index contributed by atoms with van der Waals surface area (Å²) in [7, 11) is 0. The van der Waals surface area contributed by atoms with Gasteiger partial charge >= 0.3 is 0 Å². The molecule has 5 heteroatoms. The lowest BCUT2D eigenvalue weighted by Crippen LogP contribution is -2.49. The first-order valence-electron chi connectivity index (χ1n) is 7.72. The van der Waals surface area contributed by atoms with Crippen molar-refractivity contribution in [3.8, 4) is 0 Å². The summed E-state index contributed by atoms with van der Waals surface area (Å²) < 4.78 is 5.44. The van der Waals surface area contributed by atoms with Crippen molar-refractivity contribution < 1.29 is 4.74 Å². The van der Waals surface area contributed by atoms with Crippen LogP contribution in [0.5, 0.6) is 0 Å². The van der Waals surface area contributed by atoms with Gasteiger partial charge in [0.25, 0.3) is 0 Å². The van der Waals surface area contributed by atoms with Gasteiger partial charge in [-0.25, -0.2) is 9.97 Å². The second-order valence-corrected chi connectivity index (χ2v) is 5.70. The maximum absolute atomic E-state index is 5.44. The Morgan fingerprint density at radius 1 is 1.10 bits per heavy atom. The van der Waals surface area contributed by atoms with Crippen molar-refractivity contribution in [3.05, 3.63) is 24.3 Å². The van der Waals surface area contributed by atoms with E-state index in [1.54, 1.807) is 0 Å². The molecule has 2 fully saturated rings. The standard InChI is InChI=1S/C15H24N4O/c1-2-7-19(13-15-16-5-3-6-17-15)14(4-1)12-18-8-10-20-11-9-18/h3,5-6,14H,1-2,4,7-13H2/t14-/m0/s1. The SMILES string of the molecule is c1cnc(CN2CCCC[C@H]2CN2CCOCC2)nc1. The molecular formula is C15H24N4O. The van der Waals surface area contributed by atoms with Crippen LogP contribution in [0.4, 0.5) is 0 Å². The zero-order chi connectivity index (χ0) is 13.6. The molecule has 0 radical (unpaired) electrons. The number of piperidine rings is 1. The average Bonchev–Trinajstić information content (AvgIpc) is 2.51. The maximum atomic E-state index is 5.44. The fourth-order valence-electron chi connectivity index (χ4n) is 3.15. The van der Waals surface area contributed by atoms with Crippen LogP contribution < -0.4 is 0 Å². The predicted octanol–water partition coefficient (Wildman–Crippen LogP) is 1.16. The zero-order valence-corrected chi connectivity index (χ0v) is 12.1. The first-order chi connectivity index (χ1) is 9.92. The lowest BCUT2D eigenvalue weighted by molar-refractivity contribution is 0.0149. The lowest BCUT2D eigenvalue weighted by atomic mass is 10.0. The van der Waals surface area contributed by atoms with E-state index in [2.05, 4.69) is 19.8 Å². The molecular weight excluding hydrogens is 252 g/mol. The van der Waals surface area contributed by atoms with Crippen LogP contribution in [-0.2, 0) is 11.3 Å². The Kier molecular flexibility index (Phi) is 4.95. The van der Waals surface area contributed by atoms with Crippen molar-refractivity contribution >= 4 is 0 Å². The minimum atomic E-state index is 0.644. The summed E-state index contributed by atoms with van der Waals surface area (Å²) in [5, 5.41) is 0. The summed E-state index contributed by atoms with van der Waals surface area (Å²) in [5.74, 6) is 0.946. The van der Waals surface area contributed by atoms with Crippen LogP contribution in [0.3, 0.4) is 0 Å². The smallest absolute Gasteiger partial charge is 0.142 e. The Bertz CT molecular complexity index is 394. The van der Waals surface area contributed by atoms with Crippen LogP contribution in [0.1, 0.15) is 25.1 Å². The van der Waals surface area contributed by atoms with Crippen LogP contribution in [0, 0.1) is 0 Å². The predicted molar refractivity (Wildman–Crippen MR) is 77.3 cm³/mol. The molecule has 1 atom stereocenters. The lowest BCUT2D eigenvalue weighted by Gasteiger charge is -2.39. The molecule has 2 saturated heterocycles. The number of nitrogens with zero attached hydrogens (tertiary/aromatic N) is 4. The molecule has 110 valence electrons. The number of ether oxygens (including phenoxy) is 1. The summed E-state index contributed by atoms with van der Waals surface area (Å²) in [6, 6.07) is 2.52. The molecule has 1 aromatic heterocycles. The Morgan fingerprint density at radius 3 is 2.70 bits per heavy atom. The van der Waals surface area contributed by atoms with Gasteiger partial charge < -0.3 is 4.74 Å². The molecule has 0 saturated carbocycles. The molecule has 2 aliphatic rings. The second-order valence-electron chi connectivity index (χ2n) is 5.70. The molecule has 5 nitrogen and oxygen atoms in total. The molecule has 0 aliphatic carbocycles. The molecule has 0 unspecified atom stereocenters. The fourth-order valence-corrected chi connectivity index (χ4v) is 3.15. The van der Waals surface area contributed by atoms with Crippen molar-refractivity contribution in [1.29, 1.82) is 0 Å². The minimum absolute atomic E-state index is 0.644. The summed E-state index contributed by atoms with van der Waals surface area (Å²) in [6.45, 7) is 7.14. The molecule has 2 aliphatic heterocycles. The largest absolute Gasteiger partial charge is 0.379 e. The van der Waals surface area contributed by atoms with Gasteiger partial charge in [-0.05, 0) is 25.5 Å². The fraction of sp³-hybridized carbons (Fsp3) is 0.733. The molecule has 0 spiro atoms. The monoisotopic (exact) mass is 276 g/mol. The Morgan fingerprint density at radius 2 is 1.90 bits per heavy atom. The van der Waals surface area contributed by atoms with E-state index in [-0.39, 0.29) is 0 Å². The van der Waals surface area contributed by atoms with E-state index >= 15 is 0 Å². The van der Waals surface area contributed by atoms with Gasteiger partial charge in [-0.2, -0.15) is 0 Å². The highest BCUT2D eigenvalue weighted by atomic mass is 16.5. The third kappa shape index (κ3) is 3.75. The van der Waals surface area contributed by atoms with Crippen molar-refractivity contribution in [2.24, 2.45) is 0 Å². The van der Waals surface area contributed by atoms with Gasteiger partial charge in [-0.1, -0.05) is 6.42 Å². The maximum Gasteiger partial charge on any atom is 0.142 e. The van der Waals surface area contributed by atoms with Crippen LogP contribution in [0.25, 0.3) is 0 Å². The summed E-state index contributed by atoms with van der Waals surface area (Å²) in [4.78, 5) is 13.8. The molecule has 0 bridgehead atoms. The Labute approximate surface area is 121 Å². The van der Waals surface area contributed by atoms with Crippen molar-refractivity contribution in [2.75, 3.05) is 39.4 Å². The highest BCUT2D eigenvalue weighted by Crippen LogP contribution is 2.20. The topological polar surface area (TPSA) is 41.5 Å². The van der Waals surface area contributed by atoms with E-state index in [0.29, 0.717) is 6.04 Å². The average molecular weight is 276 g/mol. The van der Waals surface area contributed by atoms with Gasteiger partial charge in [0.05, 0.1) is 19.8 Å². The number of aromatic nitrogens is 2. The van der Waals surface area contributed by atoms with Crippen LogP contribution in [0.15, 0.2) is 18.5 Å². The van der Waals surface area contributed by atoms with E-state index in [9.17, 15) is 0 Å². The van der Waals surface area contributed by atoms with Gasteiger partial charge in [0.2, 0.25) is 0 Å². The molecule has 0 aromatic carbocycles.